The number of halogens is 2. The van der Waals surface area contributed by atoms with Gasteiger partial charge in [0, 0.05) is 23.2 Å². The number of H-pyrrole nitrogens is 1. The second-order valence-electron chi connectivity index (χ2n) is 5.29. The molecule has 3 rings (SSSR count). The van der Waals surface area contributed by atoms with Crippen LogP contribution >= 0.6 is 11.6 Å². The molecule has 7 heteroatoms. The van der Waals surface area contributed by atoms with Gasteiger partial charge in [-0.2, -0.15) is 0 Å². The molecule has 0 spiro atoms. The van der Waals surface area contributed by atoms with Gasteiger partial charge < -0.3 is 19.8 Å². The van der Waals surface area contributed by atoms with E-state index in [9.17, 15) is 9.18 Å². The van der Waals surface area contributed by atoms with Crippen molar-refractivity contribution in [2.75, 3.05) is 19.0 Å². The lowest BCUT2D eigenvalue weighted by Crippen LogP contribution is -2.04. The van der Waals surface area contributed by atoms with E-state index in [0.29, 0.717) is 28.3 Å². The normalized spacial score (nSPS) is 10.7. The summed E-state index contributed by atoms with van der Waals surface area (Å²) < 4.78 is 23.7. The Labute approximate surface area is 148 Å². The zero-order valence-electron chi connectivity index (χ0n) is 13.7. The van der Waals surface area contributed by atoms with Gasteiger partial charge in [0.15, 0.2) is 0 Å². The van der Waals surface area contributed by atoms with Crippen molar-refractivity contribution in [2.45, 2.75) is 6.92 Å². The Morgan fingerprint density at radius 2 is 2.08 bits per heavy atom. The summed E-state index contributed by atoms with van der Waals surface area (Å²) in [4.78, 5) is 15.0. The highest BCUT2D eigenvalue weighted by molar-refractivity contribution is 6.31. The number of ether oxygens (including phenoxy) is 2. The van der Waals surface area contributed by atoms with Gasteiger partial charge in [-0.1, -0.05) is 11.6 Å². The van der Waals surface area contributed by atoms with Crippen LogP contribution in [0.4, 0.5) is 15.8 Å². The summed E-state index contributed by atoms with van der Waals surface area (Å²) in [6, 6.07) is 9.60. The molecule has 0 atom stereocenters. The molecular weight excluding hydrogens is 347 g/mol. The third kappa shape index (κ3) is 3.53. The fourth-order valence-corrected chi connectivity index (χ4v) is 2.66. The van der Waals surface area contributed by atoms with Crippen LogP contribution in [-0.4, -0.2) is 24.7 Å². The fourth-order valence-electron chi connectivity index (χ4n) is 2.48. The van der Waals surface area contributed by atoms with Crippen LogP contribution in [0.3, 0.4) is 0 Å². The molecule has 5 nitrogen and oxygen atoms in total. The lowest BCUT2D eigenvalue weighted by atomic mass is 10.2. The Balaban J connectivity index is 2.05. The molecule has 0 saturated carbocycles. The Bertz CT molecular complexity index is 939. The van der Waals surface area contributed by atoms with Crippen molar-refractivity contribution in [3.05, 3.63) is 52.9 Å². The number of esters is 1. The number of carbonyl (C=O) groups excluding carboxylic acids is 1. The summed E-state index contributed by atoms with van der Waals surface area (Å²) in [6.07, 6.45) is 0. The number of hydrogen-bond donors (Lipinski definition) is 2. The molecular formula is C18H16ClFN2O3. The third-order valence-electron chi connectivity index (χ3n) is 3.64. The van der Waals surface area contributed by atoms with Crippen LogP contribution in [0.15, 0.2) is 36.4 Å². The van der Waals surface area contributed by atoms with Crippen LogP contribution in [0.25, 0.3) is 10.9 Å². The van der Waals surface area contributed by atoms with E-state index in [2.05, 4.69) is 10.3 Å². The molecule has 0 amide bonds. The van der Waals surface area contributed by atoms with Crippen LogP contribution in [-0.2, 0) is 4.74 Å². The average molecular weight is 363 g/mol. The first kappa shape index (κ1) is 17.1. The minimum absolute atomic E-state index is 0.0189. The van der Waals surface area contributed by atoms with E-state index < -0.39 is 11.8 Å². The maximum atomic E-state index is 13.3. The molecule has 2 N–H and O–H groups in total. The predicted molar refractivity (Wildman–Crippen MR) is 95.5 cm³/mol. The van der Waals surface area contributed by atoms with Crippen LogP contribution in [0.5, 0.6) is 5.75 Å². The first-order valence-electron chi connectivity index (χ1n) is 7.61. The Morgan fingerprint density at radius 1 is 1.28 bits per heavy atom. The zero-order chi connectivity index (χ0) is 18.0. The molecule has 25 heavy (non-hydrogen) atoms. The van der Waals surface area contributed by atoms with Crippen LogP contribution < -0.4 is 10.1 Å². The number of methoxy groups -OCH3 is 1. The number of carbonyl (C=O) groups is 1. The number of rotatable bonds is 5. The second-order valence-corrected chi connectivity index (χ2v) is 5.70. The minimum atomic E-state index is -0.491. The fraction of sp³-hybridized carbons (Fsp3) is 0.167. The second kappa shape index (κ2) is 7.03. The largest absolute Gasteiger partial charge is 0.497 e. The van der Waals surface area contributed by atoms with Crippen molar-refractivity contribution >= 4 is 39.8 Å². The number of benzene rings is 2. The summed E-state index contributed by atoms with van der Waals surface area (Å²) in [5, 5.41) is 3.96. The van der Waals surface area contributed by atoms with E-state index in [0.717, 1.165) is 5.39 Å². The maximum absolute atomic E-state index is 13.3. The lowest BCUT2D eigenvalue weighted by Gasteiger charge is -2.10. The molecule has 3 aromatic rings. The van der Waals surface area contributed by atoms with Crippen LogP contribution in [0.2, 0.25) is 5.02 Å². The molecule has 0 radical (unpaired) electrons. The summed E-state index contributed by atoms with van der Waals surface area (Å²) in [5.41, 5.74) is 2.34. The van der Waals surface area contributed by atoms with Gasteiger partial charge in [-0.25, -0.2) is 9.18 Å². The Kier molecular flexibility index (Phi) is 4.81. The third-order valence-corrected chi connectivity index (χ3v) is 3.93. The molecule has 0 saturated heterocycles. The van der Waals surface area contributed by atoms with Gasteiger partial charge in [-0.3, -0.25) is 0 Å². The van der Waals surface area contributed by atoms with Crippen molar-refractivity contribution in [2.24, 2.45) is 0 Å². The average Bonchev–Trinajstić information content (AvgIpc) is 3.03. The molecule has 0 aliphatic heterocycles. The van der Waals surface area contributed by atoms with Gasteiger partial charge in [0.2, 0.25) is 0 Å². The number of fused-ring (bicyclic) bond motifs is 1. The highest BCUT2D eigenvalue weighted by atomic mass is 35.5. The van der Waals surface area contributed by atoms with Gasteiger partial charge in [0.1, 0.15) is 17.3 Å². The summed E-state index contributed by atoms with van der Waals surface area (Å²) in [6.45, 7) is 2.03. The molecule has 0 unspecified atom stereocenters. The van der Waals surface area contributed by atoms with Gasteiger partial charge in [0.05, 0.1) is 29.9 Å². The molecule has 2 aromatic carbocycles. The van der Waals surface area contributed by atoms with Crippen molar-refractivity contribution in [1.82, 2.24) is 4.98 Å². The molecule has 0 bridgehead atoms. The van der Waals surface area contributed by atoms with Crippen LogP contribution in [0, 0.1) is 5.82 Å². The number of aromatic amines is 1. The van der Waals surface area contributed by atoms with Crippen molar-refractivity contribution in [1.29, 1.82) is 0 Å². The topological polar surface area (TPSA) is 63.4 Å². The highest BCUT2D eigenvalue weighted by Gasteiger charge is 2.14. The van der Waals surface area contributed by atoms with E-state index in [1.807, 2.05) is 0 Å². The van der Waals surface area contributed by atoms with Gasteiger partial charge >= 0.3 is 5.97 Å². The van der Waals surface area contributed by atoms with Crippen molar-refractivity contribution in [3.8, 4) is 5.75 Å². The van der Waals surface area contributed by atoms with Crippen LogP contribution in [0.1, 0.15) is 17.4 Å². The van der Waals surface area contributed by atoms with Gasteiger partial charge in [-0.15, -0.1) is 0 Å². The monoisotopic (exact) mass is 362 g/mol. The molecule has 0 aliphatic rings. The smallest absolute Gasteiger partial charge is 0.354 e. The standard InChI is InChI=1S/C18H16ClFN2O3/c1-3-25-18(23)17-9-12-15(7-11(24-2)8-16(12)22-17)21-10-4-5-14(20)13(19)6-10/h4-9,21-22H,3H2,1-2H3. The molecule has 1 heterocycles. The highest BCUT2D eigenvalue weighted by Crippen LogP contribution is 2.33. The quantitative estimate of drug-likeness (QED) is 0.634. The zero-order valence-corrected chi connectivity index (χ0v) is 14.4. The SMILES string of the molecule is CCOC(=O)c1cc2c(Nc3ccc(F)c(Cl)c3)cc(OC)cc2[nH]1. The summed E-state index contributed by atoms with van der Waals surface area (Å²) in [5.74, 6) is -0.330. The Morgan fingerprint density at radius 3 is 2.76 bits per heavy atom. The van der Waals surface area contributed by atoms with Gasteiger partial charge in [0.25, 0.3) is 0 Å². The molecule has 0 fully saturated rings. The van der Waals surface area contributed by atoms with E-state index in [4.69, 9.17) is 21.1 Å². The summed E-state index contributed by atoms with van der Waals surface area (Å²) >= 11 is 5.83. The first-order valence-corrected chi connectivity index (χ1v) is 7.99. The van der Waals surface area contributed by atoms with E-state index in [-0.39, 0.29) is 11.6 Å². The number of hydrogen-bond acceptors (Lipinski definition) is 4. The predicted octanol–water partition coefficient (Wildman–Crippen LogP) is 4.89. The number of aromatic nitrogens is 1. The first-order chi connectivity index (χ1) is 12.0. The van der Waals surface area contributed by atoms with Gasteiger partial charge in [-0.05, 0) is 31.2 Å². The maximum Gasteiger partial charge on any atom is 0.354 e. The molecule has 1 aromatic heterocycles. The van der Waals surface area contributed by atoms with Crippen molar-refractivity contribution < 1.29 is 18.7 Å². The van der Waals surface area contributed by atoms with E-state index in [1.165, 1.54) is 12.1 Å². The van der Waals surface area contributed by atoms with E-state index >= 15 is 0 Å². The van der Waals surface area contributed by atoms with E-state index in [1.54, 1.807) is 38.3 Å². The molecule has 130 valence electrons. The minimum Gasteiger partial charge on any atom is -0.497 e. The molecule has 0 aliphatic carbocycles. The van der Waals surface area contributed by atoms with Crippen molar-refractivity contribution in [3.63, 3.8) is 0 Å². The Hall–Kier alpha value is -2.73. The number of nitrogens with one attached hydrogen (secondary N) is 2. The summed E-state index contributed by atoms with van der Waals surface area (Å²) in [7, 11) is 1.55. The lowest BCUT2D eigenvalue weighted by molar-refractivity contribution is 0.0520. The number of anilines is 2.